The van der Waals surface area contributed by atoms with Gasteiger partial charge in [0.2, 0.25) is 0 Å². The van der Waals surface area contributed by atoms with Crippen molar-refractivity contribution in [1.29, 1.82) is 0 Å². The van der Waals surface area contributed by atoms with E-state index in [2.05, 4.69) is 15.2 Å². The number of hydrogen-bond acceptors (Lipinski definition) is 4. The molecule has 0 spiro atoms. The molecule has 0 saturated carbocycles. The zero-order chi connectivity index (χ0) is 17.3. The van der Waals surface area contributed by atoms with Crippen LogP contribution in [0.4, 0.5) is 11.5 Å². The summed E-state index contributed by atoms with van der Waals surface area (Å²) in [5.74, 6) is -0.223. The third-order valence-corrected chi connectivity index (χ3v) is 3.78. The number of aromatic nitrogens is 2. The van der Waals surface area contributed by atoms with Gasteiger partial charge < -0.3 is 5.11 Å². The third-order valence-electron chi connectivity index (χ3n) is 3.78. The summed E-state index contributed by atoms with van der Waals surface area (Å²) in [5, 5.41) is 17.8. The first kappa shape index (κ1) is 15.9. The molecule has 24 heavy (non-hydrogen) atoms. The molecule has 0 aliphatic carbocycles. The SMILES string of the molecule is Cc1cccn2c(N=Nc3ccccc3C(=O)O)c(C(C)C)nc12. The Balaban J connectivity index is 2.15. The molecule has 122 valence electrons. The number of nitrogens with zero attached hydrogens (tertiary/aromatic N) is 4. The number of azo groups is 1. The molecule has 6 nitrogen and oxygen atoms in total. The van der Waals surface area contributed by atoms with Gasteiger partial charge in [0, 0.05) is 6.20 Å². The van der Waals surface area contributed by atoms with E-state index in [4.69, 9.17) is 0 Å². The van der Waals surface area contributed by atoms with Crippen LogP contribution < -0.4 is 0 Å². The highest BCUT2D eigenvalue weighted by Gasteiger charge is 2.16. The number of benzene rings is 1. The molecule has 0 aliphatic rings. The highest BCUT2D eigenvalue weighted by molar-refractivity contribution is 5.93. The van der Waals surface area contributed by atoms with Crippen molar-refractivity contribution in [1.82, 2.24) is 9.38 Å². The molecule has 0 aliphatic heterocycles. The van der Waals surface area contributed by atoms with Crippen LogP contribution in [0.2, 0.25) is 0 Å². The second-order valence-electron chi connectivity index (χ2n) is 5.88. The van der Waals surface area contributed by atoms with Crippen LogP contribution in [0.25, 0.3) is 5.65 Å². The molecule has 0 atom stereocenters. The maximum absolute atomic E-state index is 11.3. The van der Waals surface area contributed by atoms with Crippen molar-refractivity contribution in [2.24, 2.45) is 10.2 Å². The molecule has 3 rings (SSSR count). The largest absolute Gasteiger partial charge is 0.478 e. The standard InChI is InChI=1S/C18H18N4O2/c1-11(2)15-17(22-10-6-7-12(3)16(22)19-15)21-20-14-9-5-4-8-13(14)18(23)24/h4-11H,1-3H3,(H,23,24). The van der Waals surface area contributed by atoms with Gasteiger partial charge in [-0.3, -0.25) is 4.40 Å². The van der Waals surface area contributed by atoms with Crippen molar-refractivity contribution in [2.45, 2.75) is 26.7 Å². The van der Waals surface area contributed by atoms with Gasteiger partial charge >= 0.3 is 5.97 Å². The fraction of sp³-hybridized carbons (Fsp3) is 0.222. The van der Waals surface area contributed by atoms with Crippen molar-refractivity contribution in [3.63, 3.8) is 0 Å². The number of carboxylic acids is 1. The number of imidazole rings is 1. The van der Waals surface area contributed by atoms with E-state index in [0.717, 1.165) is 16.9 Å². The molecule has 3 aromatic rings. The zero-order valence-electron chi connectivity index (χ0n) is 13.8. The molecule has 2 heterocycles. The molecule has 6 heteroatoms. The Morgan fingerprint density at radius 2 is 1.92 bits per heavy atom. The Morgan fingerprint density at radius 3 is 2.62 bits per heavy atom. The lowest BCUT2D eigenvalue weighted by atomic mass is 10.1. The second-order valence-corrected chi connectivity index (χ2v) is 5.88. The number of carboxylic acid groups (broad SMARTS) is 1. The van der Waals surface area contributed by atoms with Crippen LogP contribution in [0.15, 0.2) is 52.8 Å². The lowest BCUT2D eigenvalue weighted by Crippen LogP contribution is -1.95. The minimum absolute atomic E-state index is 0.123. The van der Waals surface area contributed by atoms with Gasteiger partial charge in [0.05, 0.1) is 11.3 Å². The van der Waals surface area contributed by atoms with Gasteiger partial charge in [-0.2, -0.15) is 0 Å². The summed E-state index contributed by atoms with van der Waals surface area (Å²) in [6.45, 7) is 6.08. The van der Waals surface area contributed by atoms with Crippen LogP contribution in [0, 0.1) is 6.92 Å². The lowest BCUT2D eigenvalue weighted by molar-refractivity contribution is 0.0697. The van der Waals surface area contributed by atoms with Crippen LogP contribution in [0.1, 0.15) is 41.4 Å². The minimum Gasteiger partial charge on any atom is -0.478 e. The van der Waals surface area contributed by atoms with E-state index in [1.165, 1.54) is 6.07 Å². The molecule has 0 unspecified atom stereocenters. The number of fused-ring (bicyclic) bond motifs is 1. The molecule has 0 radical (unpaired) electrons. The topological polar surface area (TPSA) is 79.3 Å². The van der Waals surface area contributed by atoms with Crippen molar-refractivity contribution < 1.29 is 9.90 Å². The predicted molar refractivity (Wildman–Crippen MR) is 91.6 cm³/mol. The first-order valence-corrected chi connectivity index (χ1v) is 7.70. The Kier molecular flexibility index (Phi) is 4.12. The average Bonchev–Trinajstić information content (AvgIpc) is 2.93. The molecule has 1 N–H and O–H groups in total. The monoisotopic (exact) mass is 322 g/mol. The number of carbonyl (C=O) groups is 1. The van der Waals surface area contributed by atoms with Crippen LogP contribution in [-0.2, 0) is 0 Å². The van der Waals surface area contributed by atoms with Gasteiger partial charge in [-0.1, -0.05) is 32.0 Å². The van der Waals surface area contributed by atoms with Gasteiger partial charge in [0.25, 0.3) is 0 Å². The van der Waals surface area contributed by atoms with Gasteiger partial charge in [-0.25, -0.2) is 9.78 Å². The second kappa shape index (κ2) is 6.23. The molecule has 0 fully saturated rings. The van der Waals surface area contributed by atoms with Crippen molar-refractivity contribution in [3.8, 4) is 0 Å². The zero-order valence-corrected chi connectivity index (χ0v) is 13.8. The Bertz CT molecular complexity index is 941. The van der Waals surface area contributed by atoms with Gasteiger partial charge in [0.1, 0.15) is 11.3 Å². The molecular formula is C18H18N4O2. The van der Waals surface area contributed by atoms with E-state index in [-0.39, 0.29) is 11.5 Å². The highest BCUT2D eigenvalue weighted by Crippen LogP contribution is 2.31. The molecule has 2 aromatic heterocycles. The molecule has 0 saturated heterocycles. The summed E-state index contributed by atoms with van der Waals surface area (Å²) in [7, 11) is 0. The van der Waals surface area contributed by atoms with E-state index < -0.39 is 5.97 Å². The van der Waals surface area contributed by atoms with E-state index in [1.807, 2.05) is 43.5 Å². The fourth-order valence-corrected chi connectivity index (χ4v) is 2.54. The maximum atomic E-state index is 11.3. The van der Waals surface area contributed by atoms with Gasteiger partial charge in [-0.05, 0) is 36.6 Å². The Labute approximate surface area is 139 Å². The molecular weight excluding hydrogens is 304 g/mol. The van der Waals surface area contributed by atoms with Gasteiger partial charge in [-0.15, -0.1) is 10.2 Å². The summed E-state index contributed by atoms with van der Waals surface area (Å²) >= 11 is 0. The summed E-state index contributed by atoms with van der Waals surface area (Å²) in [6.07, 6.45) is 1.89. The molecule has 0 bridgehead atoms. The first-order chi connectivity index (χ1) is 11.5. The molecule has 0 amide bonds. The van der Waals surface area contributed by atoms with Crippen molar-refractivity contribution in [3.05, 3.63) is 59.4 Å². The number of rotatable bonds is 4. The lowest BCUT2D eigenvalue weighted by Gasteiger charge is -2.02. The van der Waals surface area contributed by atoms with Crippen molar-refractivity contribution >= 4 is 23.1 Å². The summed E-state index contributed by atoms with van der Waals surface area (Å²) in [6, 6.07) is 10.5. The minimum atomic E-state index is -1.03. The summed E-state index contributed by atoms with van der Waals surface area (Å²) in [5.41, 5.74) is 3.16. The van der Waals surface area contributed by atoms with Crippen LogP contribution >= 0.6 is 0 Å². The normalized spacial score (nSPS) is 11.7. The molecule has 1 aromatic carbocycles. The third kappa shape index (κ3) is 2.78. The van der Waals surface area contributed by atoms with E-state index in [0.29, 0.717) is 11.5 Å². The summed E-state index contributed by atoms with van der Waals surface area (Å²) < 4.78 is 1.89. The Hall–Kier alpha value is -3.02. The number of hydrogen-bond donors (Lipinski definition) is 1. The van der Waals surface area contributed by atoms with Crippen LogP contribution in [0.5, 0.6) is 0 Å². The Morgan fingerprint density at radius 1 is 1.17 bits per heavy atom. The number of aryl methyl sites for hydroxylation is 1. The number of pyridine rings is 1. The van der Waals surface area contributed by atoms with E-state index >= 15 is 0 Å². The van der Waals surface area contributed by atoms with Crippen LogP contribution in [0.3, 0.4) is 0 Å². The maximum Gasteiger partial charge on any atom is 0.337 e. The quantitative estimate of drug-likeness (QED) is 0.695. The van der Waals surface area contributed by atoms with E-state index in [1.54, 1.807) is 18.2 Å². The number of aromatic carboxylic acids is 1. The predicted octanol–water partition coefficient (Wildman–Crippen LogP) is 4.88. The van der Waals surface area contributed by atoms with E-state index in [9.17, 15) is 9.90 Å². The average molecular weight is 322 g/mol. The first-order valence-electron chi connectivity index (χ1n) is 7.70. The highest BCUT2D eigenvalue weighted by atomic mass is 16.4. The van der Waals surface area contributed by atoms with Crippen LogP contribution in [-0.4, -0.2) is 20.5 Å². The van der Waals surface area contributed by atoms with Gasteiger partial charge in [0.15, 0.2) is 5.82 Å². The fourth-order valence-electron chi connectivity index (χ4n) is 2.54. The summed E-state index contributed by atoms with van der Waals surface area (Å²) in [4.78, 5) is 16.0. The van der Waals surface area contributed by atoms with Crippen molar-refractivity contribution in [2.75, 3.05) is 0 Å². The smallest absolute Gasteiger partial charge is 0.337 e.